The molecule has 0 saturated carbocycles. The molecule has 1 aliphatic rings. The Morgan fingerprint density at radius 3 is 1.94 bits per heavy atom. The van der Waals surface area contributed by atoms with Crippen LogP contribution in [0.3, 0.4) is 0 Å². The molecular formula is C24H24N4O3. The number of carbonyl (C=O) groups is 1. The molecule has 0 spiro atoms. The summed E-state index contributed by atoms with van der Waals surface area (Å²) >= 11 is 0. The molecule has 7 nitrogen and oxygen atoms in total. The average molecular weight is 416 g/mol. The monoisotopic (exact) mass is 416 g/mol. The summed E-state index contributed by atoms with van der Waals surface area (Å²) in [6.07, 6.45) is 0. The van der Waals surface area contributed by atoms with E-state index < -0.39 is 4.92 Å². The van der Waals surface area contributed by atoms with Gasteiger partial charge in [0.2, 0.25) is 0 Å². The van der Waals surface area contributed by atoms with Crippen LogP contribution in [-0.4, -0.2) is 46.8 Å². The van der Waals surface area contributed by atoms with Gasteiger partial charge in [0.05, 0.1) is 11.0 Å². The van der Waals surface area contributed by atoms with E-state index in [2.05, 4.69) is 29.2 Å². The van der Waals surface area contributed by atoms with Crippen molar-refractivity contribution in [2.45, 2.75) is 6.04 Å². The topological polar surface area (TPSA) is 92.7 Å². The molecule has 2 N–H and O–H groups in total. The number of rotatable bonds is 5. The van der Waals surface area contributed by atoms with Crippen LogP contribution in [-0.2, 0) is 0 Å². The first-order valence-corrected chi connectivity index (χ1v) is 10.2. The number of piperazine rings is 1. The van der Waals surface area contributed by atoms with Crippen LogP contribution in [0.5, 0.6) is 0 Å². The highest BCUT2D eigenvalue weighted by Crippen LogP contribution is 2.30. The van der Waals surface area contributed by atoms with E-state index in [-0.39, 0.29) is 28.9 Å². The molecule has 0 radical (unpaired) electrons. The van der Waals surface area contributed by atoms with Gasteiger partial charge in [-0.3, -0.25) is 19.8 Å². The third-order valence-corrected chi connectivity index (χ3v) is 5.67. The molecule has 1 fully saturated rings. The summed E-state index contributed by atoms with van der Waals surface area (Å²) in [6, 6.07) is 25.0. The van der Waals surface area contributed by atoms with Crippen LogP contribution in [0, 0.1) is 10.1 Å². The summed E-state index contributed by atoms with van der Waals surface area (Å²) in [4.78, 5) is 27.7. The average Bonchev–Trinajstić information content (AvgIpc) is 2.81. The van der Waals surface area contributed by atoms with E-state index in [4.69, 9.17) is 5.73 Å². The normalized spacial score (nSPS) is 14.5. The van der Waals surface area contributed by atoms with Crippen molar-refractivity contribution in [2.24, 2.45) is 0 Å². The van der Waals surface area contributed by atoms with Crippen LogP contribution in [0.25, 0.3) is 0 Å². The molecule has 158 valence electrons. The number of nitrogens with zero attached hydrogens (tertiary/aromatic N) is 3. The summed E-state index contributed by atoms with van der Waals surface area (Å²) in [7, 11) is 0. The van der Waals surface area contributed by atoms with Gasteiger partial charge in [0.1, 0.15) is 5.69 Å². The van der Waals surface area contributed by atoms with E-state index >= 15 is 0 Å². The Morgan fingerprint density at radius 1 is 0.871 bits per heavy atom. The van der Waals surface area contributed by atoms with Crippen molar-refractivity contribution < 1.29 is 9.72 Å². The van der Waals surface area contributed by atoms with Crippen LogP contribution < -0.4 is 5.73 Å². The van der Waals surface area contributed by atoms with E-state index in [1.807, 2.05) is 36.4 Å². The van der Waals surface area contributed by atoms with Crippen molar-refractivity contribution >= 4 is 17.3 Å². The Labute approximate surface area is 180 Å². The van der Waals surface area contributed by atoms with Gasteiger partial charge in [0, 0.05) is 37.8 Å². The molecule has 1 saturated heterocycles. The van der Waals surface area contributed by atoms with Gasteiger partial charge in [-0.25, -0.2) is 0 Å². The minimum atomic E-state index is -0.561. The lowest BCUT2D eigenvalue weighted by Gasteiger charge is -2.39. The van der Waals surface area contributed by atoms with Crippen LogP contribution >= 0.6 is 0 Å². The molecule has 0 unspecified atom stereocenters. The van der Waals surface area contributed by atoms with Crippen LogP contribution in [0.1, 0.15) is 27.5 Å². The maximum atomic E-state index is 12.9. The number of carbonyl (C=O) groups excluding carboxylic acids is 1. The van der Waals surface area contributed by atoms with Crippen molar-refractivity contribution in [3.63, 3.8) is 0 Å². The van der Waals surface area contributed by atoms with Gasteiger partial charge < -0.3 is 10.6 Å². The highest BCUT2D eigenvalue weighted by Gasteiger charge is 2.29. The summed E-state index contributed by atoms with van der Waals surface area (Å²) in [5, 5.41) is 11.2. The second-order valence-corrected chi connectivity index (χ2v) is 7.58. The van der Waals surface area contributed by atoms with E-state index in [1.165, 1.54) is 23.3 Å². The molecule has 0 aromatic heterocycles. The zero-order valence-electron chi connectivity index (χ0n) is 17.1. The Balaban J connectivity index is 1.51. The lowest BCUT2D eigenvalue weighted by atomic mass is 9.96. The zero-order chi connectivity index (χ0) is 21.8. The van der Waals surface area contributed by atoms with Crippen molar-refractivity contribution in [3.05, 3.63) is 106 Å². The van der Waals surface area contributed by atoms with Crippen molar-refractivity contribution in [2.75, 3.05) is 31.9 Å². The molecule has 1 aliphatic heterocycles. The van der Waals surface area contributed by atoms with Gasteiger partial charge in [-0.2, -0.15) is 0 Å². The highest BCUT2D eigenvalue weighted by atomic mass is 16.6. The van der Waals surface area contributed by atoms with Gasteiger partial charge in [0.25, 0.3) is 11.6 Å². The molecular weight excluding hydrogens is 392 g/mol. The molecule has 1 heterocycles. The summed E-state index contributed by atoms with van der Waals surface area (Å²) in [5.74, 6) is -0.210. The first kappa shape index (κ1) is 20.6. The van der Waals surface area contributed by atoms with Gasteiger partial charge >= 0.3 is 0 Å². The molecule has 0 atom stereocenters. The quantitative estimate of drug-likeness (QED) is 0.389. The molecule has 3 aromatic rings. The van der Waals surface area contributed by atoms with Gasteiger partial charge in [-0.05, 0) is 23.3 Å². The summed E-state index contributed by atoms with van der Waals surface area (Å²) in [5.41, 5.74) is 8.19. The van der Waals surface area contributed by atoms with Crippen molar-refractivity contribution in [1.29, 1.82) is 0 Å². The Hall–Kier alpha value is -3.71. The molecule has 1 amide bonds. The molecule has 4 rings (SSSR count). The smallest absolute Gasteiger partial charge is 0.292 e. The third-order valence-electron chi connectivity index (χ3n) is 5.67. The predicted octanol–water partition coefficient (Wildman–Crippen LogP) is 3.72. The standard InChI is InChI=1S/C24H24N4O3/c25-21-12-11-20(17-22(21)28(30)31)24(29)27-15-13-26(14-16-27)23(18-7-3-1-4-8-18)19-9-5-2-6-10-19/h1-12,17,23H,13-16,25H2. The Morgan fingerprint density at radius 2 is 1.42 bits per heavy atom. The van der Waals surface area contributed by atoms with E-state index in [0.29, 0.717) is 26.2 Å². The fourth-order valence-corrected chi connectivity index (χ4v) is 4.09. The number of hydrogen-bond acceptors (Lipinski definition) is 5. The van der Waals surface area contributed by atoms with E-state index in [9.17, 15) is 14.9 Å². The largest absolute Gasteiger partial charge is 0.393 e. The minimum absolute atomic E-state index is 0.0555. The number of anilines is 1. The van der Waals surface area contributed by atoms with Gasteiger partial charge in [-0.1, -0.05) is 60.7 Å². The third kappa shape index (κ3) is 4.41. The van der Waals surface area contributed by atoms with E-state index in [0.717, 1.165) is 0 Å². The van der Waals surface area contributed by atoms with Crippen LogP contribution in [0.15, 0.2) is 78.9 Å². The van der Waals surface area contributed by atoms with Crippen molar-refractivity contribution in [3.8, 4) is 0 Å². The maximum absolute atomic E-state index is 12.9. The molecule has 3 aromatic carbocycles. The van der Waals surface area contributed by atoms with Gasteiger partial charge in [-0.15, -0.1) is 0 Å². The van der Waals surface area contributed by atoms with Crippen LogP contribution in [0.2, 0.25) is 0 Å². The molecule has 7 heteroatoms. The fourth-order valence-electron chi connectivity index (χ4n) is 4.09. The second-order valence-electron chi connectivity index (χ2n) is 7.58. The number of amides is 1. The number of benzene rings is 3. The lowest BCUT2D eigenvalue weighted by molar-refractivity contribution is -0.383. The first-order valence-electron chi connectivity index (χ1n) is 10.2. The van der Waals surface area contributed by atoms with Gasteiger partial charge in [0.15, 0.2) is 0 Å². The molecule has 0 aliphatic carbocycles. The predicted molar refractivity (Wildman–Crippen MR) is 120 cm³/mol. The van der Waals surface area contributed by atoms with Crippen LogP contribution in [0.4, 0.5) is 11.4 Å². The summed E-state index contributed by atoms with van der Waals surface area (Å²) < 4.78 is 0. The maximum Gasteiger partial charge on any atom is 0.292 e. The number of nitro groups is 1. The minimum Gasteiger partial charge on any atom is -0.393 e. The number of nitrogen functional groups attached to an aromatic ring is 1. The van der Waals surface area contributed by atoms with Crippen molar-refractivity contribution in [1.82, 2.24) is 9.80 Å². The Kier molecular flexibility index (Phi) is 5.95. The SMILES string of the molecule is Nc1ccc(C(=O)N2CCN(C(c3ccccc3)c3ccccc3)CC2)cc1[N+](=O)[O-]. The van der Waals surface area contributed by atoms with E-state index in [1.54, 1.807) is 11.0 Å². The second kappa shape index (κ2) is 8.97. The lowest BCUT2D eigenvalue weighted by Crippen LogP contribution is -2.49. The molecule has 0 bridgehead atoms. The first-order chi connectivity index (χ1) is 15.0. The number of nitrogens with two attached hydrogens (primary N) is 1. The Bertz CT molecular complexity index is 1030. The number of nitro benzene ring substituents is 1. The zero-order valence-corrected chi connectivity index (χ0v) is 17.1. The number of hydrogen-bond donors (Lipinski definition) is 1. The summed E-state index contributed by atoms with van der Waals surface area (Å²) in [6.45, 7) is 2.51. The fraction of sp³-hybridized carbons (Fsp3) is 0.208. The highest BCUT2D eigenvalue weighted by molar-refractivity contribution is 5.95. The molecule has 31 heavy (non-hydrogen) atoms.